The monoisotopic (exact) mass is 208 g/mol. The Bertz CT molecular complexity index is 503. The molecule has 0 N–H and O–H groups in total. The summed E-state index contributed by atoms with van der Waals surface area (Å²) in [4.78, 5) is 0. The standard InChI is InChI=1S/C12H10ClF/c1-7-5-8(2)11-9(6-7)3-4-10(14)12(11)13/h3-6H,1-2H3. The maximum Gasteiger partial charge on any atom is 0.142 e. The molecule has 2 rings (SSSR count). The Morgan fingerprint density at radius 1 is 1.14 bits per heavy atom. The molecule has 0 atom stereocenters. The molecule has 0 spiro atoms. The van der Waals surface area contributed by atoms with E-state index < -0.39 is 0 Å². The molecule has 0 saturated heterocycles. The van der Waals surface area contributed by atoms with Crippen molar-refractivity contribution in [2.24, 2.45) is 0 Å². The van der Waals surface area contributed by atoms with Crippen LogP contribution in [0.2, 0.25) is 5.02 Å². The lowest BCUT2D eigenvalue weighted by atomic mass is 10.0. The van der Waals surface area contributed by atoms with Crippen molar-refractivity contribution in [2.45, 2.75) is 13.8 Å². The SMILES string of the molecule is Cc1cc(C)c2c(Cl)c(F)ccc2c1. The van der Waals surface area contributed by atoms with Gasteiger partial charge in [0.15, 0.2) is 0 Å². The summed E-state index contributed by atoms with van der Waals surface area (Å²) in [5, 5.41) is 2.03. The molecule has 0 saturated carbocycles. The average molecular weight is 209 g/mol. The van der Waals surface area contributed by atoms with E-state index in [1.165, 1.54) is 6.07 Å². The van der Waals surface area contributed by atoms with E-state index in [0.717, 1.165) is 21.9 Å². The first kappa shape index (κ1) is 9.47. The lowest BCUT2D eigenvalue weighted by Crippen LogP contribution is -1.85. The van der Waals surface area contributed by atoms with Gasteiger partial charge in [-0.05, 0) is 30.9 Å². The molecule has 2 heteroatoms. The second kappa shape index (κ2) is 3.25. The Morgan fingerprint density at radius 2 is 1.86 bits per heavy atom. The van der Waals surface area contributed by atoms with E-state index in [9.17, 15) is 4.39 Å². The molecule has 0 aliphatic carbocycles. The van der Waals surface area contributed by atoms with Gasteiger partial charge in [-0.25, -0.2) is 4.39 Å². The van der Waals surface area contributed by atoms with Crippen molar-refractivity contribution in [2.75, 3.05) is 0 Å². The van der Waals surface area contributed by atoms with Crippen LogP contribution < -0.4 is 0 Å². The molecule has 0 bridgehead atoms. The van der Waals surface area contributed by atoms with Crippen molar-refractivity contribution in [1.29, 1.82) is 0 Å². The molecule has 0 aliphatic rings. The molecular weight excluding hydrogens is 199 g/mol. The van der Waals surface area contributed by atoms with E-state index in [0.29, 0.717) is 0 Å². The second-order valence-corrected chi connectivity index (χ2v) is 3.92. The minimum absolute atomic E-state index is 0.222. The number of halogens is 2. The van der Waals surface area contributed by atoms with Crippen LogP contribution in [0, 0.1) is 19.7 Å². The summed E-state index contributed by atoms with van der Waals surface area (Å²) in [6, 6.07) is 7.18. The molecule has 14 heavy (non-hydrogen) atoms. The topological polar surface area (TPSA) is 0 Å². The molecule has 2 aromatic carbocycles. The Morgan fingerprint density at radius 3 is 2.57 bits per heavy atom. The molecule has 0 nitrogen and oxygen atoms in total. The highest BCUT2D eigenvalue weighted by molar-refractivity contribution is 6.36. The van der Waals surface area contributed by atoms with Crippen molar-refractivity contribution in [3.05, 3.63) is 46.2 Å². The zero-order valence-corrected chi connectivity index (χ0v) is 8.82. The highest BCUT2D eigenvalue weighted by atomic mass is 35.5. The third kappa shape index (κ3) is 1.38. The van der Waals surface area contributed by atoms with Gasteiger partial charge in [-0.15, -0.1) is 0 Å². The van der Waals surface area contributed by atoms with Crippen LogP contribution in [0.3, 0.4) is 0 Å². The molecule has 0 aromatic heterocycles. The lowest BCUT2D eigenvalue weighted by Gasteiger charge is -2.06. The fourth-order valence-electron chi connectivity index (χ4n) is 1.79. The first-order valence-electron chi connectivity index (χ1n) is 4.44. The lowest BCUT2D eigenvalue weighted by molar-refractivity contribution is 0.630. The molecule has 0 heterocycles. The maximum atomic E-state index is 13.2. The highest BCUT2D eigenvalue weighted by Gasteiger charge is 2.07. The molecule has 0 amide bonds. The number of rotatable bonds is 0. The van der Waals surface area contributed by atoms with Gasteiger partial charge in [0.1, 0.15) is 5.82 Å². The van der Waals surface area contributed by atoms with Gasteiger partial charge < -0.3 is 0 Å². The van der Waals surface area contributed by atoms with E-state index >= 15 is 0 Å². The summed E-state index contributed by atoms with van der Waals surface area (Å²) < 4.78 is 13.2. The average Bonchev–Trinajstić information content (AvgIpc) is 2.10. The normalized spacial score (nSPS) is 10.9. The first-order chi connectivity index (χ1) is 6.59. The van der Waals surface area contributed by atoms with Gasteiger partial charge in [0.2, 0.25) is 0 Å². The van der Waals surface area contributed by atoms with Crippen LogP contribution in [0.15, 0.2) is 24.3 Å². The third-order valence-electron chi connectivity index (χ3n) is 2.35. The van der Waals surface area contributed by atoms with Crippen molar-refractivity contribution in [3.8, 4) is 0 Å². The van der Waals surface area contributed by atoms with Crippen LogP contribution in [0.4, 0.5) is 4.39 Å². The maximum absolute atomic E-state index is 13.2. The van der Waals surface area contributed by atoms with Gasteiger partial charge >= 0.3 is 0 Å². The van der Waals surface area contributed by atoms with Crippen LogP contribution >= 0.6 is 11.6 Å². The zero-order chi connectivity index (χ0) is 10.3. The van der Waals surface area contributed by atoms with Crippen LogP contribution in [-0.4, -0.2) is 0 Å². The molecule has 2 aromatic rings. The number of benzene rings is 2. The fourth-order valence-corrected chi connectivity index (χ4v) is 2.11. The summed E-state index contributed by atoms with van der Waals surface area (Å²) >= 11 is 5.91. The molecular formula is C12H10ClF. The van der Waals surface area contributed by atoms with Crippen molar-refractivity contribution in [1.82, 2.24) is 0 Å². The number of aryl methyl sites for hydroxylation is 2. The summed E-state index contributed by atoms with van der Waals surface area (Å²) in [6.45, 7) is 3.96. The highest BCUT2D eigenvalue weighted by Crippen LogP contribution is 2.29. The summed E-state index contributed by atoms with van der Waals surface area (Å²) in [5.41, 5.74) is 2.18. The van der Waals surface area contributed by atoms with Gasteiger partial charge in [0.25, 0.3) is 0 Å². The van der Waals surface area contributed by atoms with E-state index in [2.05, 4.69) is 0 Å². The molecule has 0 unspecified atom stereocenters. The number of hydrogen-bond acceptors (Lipinski definition) is 0. The van der Waals surface area contributed by atoms with E-state index in [-0.39, 0.29) is 10.8 Å². The summed E-state index contributed by atoms with van der Waals surface area (Å²) in [7, 11) is 0. The Balaban J connectivity index is 2.95. The van der Waals surface area contributed by atoms with Gasteiger partial charge in [0, 0.05) is 5.39 Å². The molecule has 0 radical (unpaired) electrons. The van der Waals surface area contributed by atoms with Gasteiger partial charge in [-0.1, -0.05) is 35.4 Å². The minimum atomic E-state index is -0.355. The van der Waals surface area contributed by atoms with Crippen LogP contribution in [0.25, 0.3) is 10.8 Å². The van der Waals surface area contributed by atoms with E-state index in [1.807, 2.05) is 26.0 Å². The Hall–Kier alpha value is -1.08. The van der Waals surface area contributed by atoms with Crippen molar-refractivity contribution < 1.29 is 4.39 Å². The number of fused-ring (bicyclic) bond motifs is 1. The van der Waals surface area contributed by atoms with Crippen LogP contribution in [0.5, 0.6) is 0 Å². The van der Waals surface area contributed by atoms with Gasteiger partial charge in [-0.3, -0.25) is 0 Å². The third-order valence-corrected chi connectivity index (χ3v) is 2.72. The predicted molar refractivity (Wildman–Crippen MR) is 58.4 cm³/mol. The van der Waals surface area contributed by atoms with Crippen LogP contribution in [0.1, 0.15) is 11.1 Å². The summed E-state index contributed by atoms with van der Waals surface area (Å²) in [5.74, 6) is -0.355. The summed E-state index contributed by atoms with van der Waals surface area (Å²) in [6.07, 6.45) is 0. The largest absolute Gasteiger partial charge is 0.205 e. The van der Waals surface area contributed by atoms with E-state index in [4.69, 9.17) is 11.6 Å². The predicted octanol–water partition coefficient (Wildman–Crippen LogP) is 4.25. The van der Waals surface area contributed by atoms with Crippen molar-refractivity contribution in [3.63, 3.8) is 0 Å². The fraction of sp³-hybridized carbons (Fsp3) is 0.167. The molecule has 72 valence electrons. The smallest absolute Gasteiger partial charge is 0.142 e. The zero-order valence-electron chi connectivity index (χ0n) is 8.07. The van der Waals surface area contributed by atoms with Gasteiger partial charge in [-0.2, -0.15) is 0 Å². The minimum Gasteiger partial charge on any atom is -0.205 e. The first-order valence-corrected chi connectivity index (χ1v) is 4.82. The van der Waals surface area contributed by atoms with Gasteiger partial charge in [0.05, 0.1) is 5.02 Å². The van der Waals surface area contributed by atoms with Crippen LogP contribution in [-0.2, 0) is 0 Å². The molecule has 0 aliphatic heterocycles. The Labute approximate surface area is 87.3 Å². The quantitative estimate of drug-likeness (QED) is 0.607. The molecule has 0 fully saturated rings. The number of hydrogen-bond donors (Lipinski definition) is 0. The Kier molecular flexibility index (Phi) is 2.20. The second-order valence-electron chi connectivity index (χ2n) is 3.54. The van der Waals surface area contributed by atoms with Crippen molar-refractivity contribution >= 4 is 22.4 Å². The van der Waals surface area contributed by atoms with E-state index in [1.54, 1.807) is 6.07 Å².